The molecule has 1 aromatic rings. The number of thiazole rings is 1. The van der Waals surface area contributed by atoms with Crippen molar-refractivity contribution in [3.63, 3.8) is 0 Å². The summed E-state index contributed by atoms with van der Waals surface area (Å²) in [4.78, 5) is 15.4. The summed E-state index contributed by atoms with van der Waals surface area (Å²) in [6.45, 7) is 5.91. The first-order valence-corrected chi connectivity index (χ1v) is 7.36. The molecule has 2 N–H and O–H groups in total. The van der Waals surface area contributed by atoms with Crippen molar-refractivity contribution >= 4 is 22.4 Å². The van der Waals surface area contributed by atoms with Crippen LogP contribution >= 0.6 is 11.3 Å². The van der Waals surface area contributed by atoms with Crippen LogP contribution in [0.25, 0.3) is 0 Å². The van der Waals surface area contributed by atoms with Gasteiger partial charge in [0.25, 0.3) is 0 Å². The molecule has 0 aliphatic carbocycles. The molecule has 0 amide bonds. The van der Waals surface area contributed by atoms with E-state index in [2.05, 4.69) is 10.3 Å². The van der Waals surface area contributed by atoms with Gasteiger partial charge in [-0.3, -0.25) is 4.79 Å². The first kappa shape index (κ1) is 16.9. The Hall–Kier alpha value is -1.18. The molecule has 7 heteroatoms. The van der Waals surface area contributed by atoms with Crippen molar-refractivity contribution in [2.75, 3.05) is 38.8 Å². The summed E-state index contributed by atoms with van der Waals surface area (Å²) < 4.78 is 10.2. The van der Waals surface area contributed by atoms with Crippen molar-refractivity contribution in [2.45, 2.75) is 25.7 Å². The Balaban J connectivity index is 2.29. The van der Waals surface area contributed by atoms with Gasteiger partial charge in [-0.15, -0.1) is 11.3 Å². The zero-order valence-electron chi connectivity index (χ0n) is 12.1. The number of hydrogen-bond acceptors (Lipinski definition) is 6. The first-order valence-electron chi connectivity index (χ1n) is 6.48. The van der Waals surface area contributed by atoms with Crippen LogP contribution in [0.15, 0.2) is 5.38 Å². The van der Waals surface area contributed by atoms with Crippen LogP contribution in [0.2, 0.25) is 0 Å². The number of nitrogens with zero attached hydrogens (tertiary/aromatic N) is 1. The molecule has 0 spiro atoms. The summed E-state index contributed by atoms with van der Waals surface area (Å²) in [6, 6.07) is 0. The number of anilines is 1. The maximum absolute atomic E-state index is 11.1. The van der Waals surface area contributed by atoms with Crippen molar-refractivity contribution in [2.24, 2.45) is 0 Å². The normalized spacial score (nSPS) is 11.6. The topological polar surface area (TPSA) is 80.7 Å². The average Bonchev–Trinajstić information content (AvgIpc) is 2.87. The summed E-state index contributed by atoms with van der Waals surface area (Å²) in [7, 11) is 1.64. The molecule has 1 rings (SSSR count). The number of aliphatic carboxylic acids is 1. The van der Waals surface area contributed by atoms with Crippen molar-refractivity contribution in [1.29, 1.82) is 0 Å². The number of aromatic nitrogens is 1. The largest absolute Gasteiger partial charge is 0.481 e. The van der Waals surface area contributed by atoms with E-state index >= 15 is 0 Å². The molecular formula is C13H22N2O4S. The average molecular weight is 302 g/mol. The number of carbonyl (C=O) groups is 1. The van der Waals surface area contributed by atoms with Crippen LogP contribution in [-0.4, -0.2) is 49.5 Å². The highest BCUT2D eigenvalue weighted by Gasteiger charge is 2.32. The molecule has 1 aromatic heterocycles. The maximum Gasteiger partial charge on any atom is 0.315 e. The van der Waals surface area contributed by atoms with Gasteiger partial charge in [0.2, 0.25) is 0 Å². The molecule has 0 atom stereocenters. The van der Waals surface area contributed by atoms with Crippen LogP contribution in [0.4, 0.5) is 5.13 Å². The van der Waals surface area contributed by atoms with Crippen LogP contribution in [0, 0.1) is 0 Å². The van der Waals surface area contributed by atoms with Gasteiger partial charge >= 0.3 is 5.97 Å². The molecule has 6 nitrogen and oxygen atoms in total. The summed E-state index contributed by atoms with van der Waals surface area (Å²) in [5.74, 6) is -0.874. The highest BCUT2D eigenvalue weighted by atomic mass is 32.1. The smallest absolute Gasteiger partial charge is 0.315 e. The van der Waals surface area contributed by atoms with Gasteiger partial charge in [-0.05, 0) is 20.3 Å². The van der Waals surface area contributed by atoms with Gasteiger partial charge in [-0.1, -0.05) is 0 Å². The number of methoxy groups -OCH3 is 1. The number of carboxylic acid groups (broad SMARTS) is 1. The number of rotatable bonds is 10. The van der Waals surface area contributed by atoms with Crippen LogP contribution in [-0.2, 0) is 19.7 Å². The second kappa shape index (κ2) is 8.18. The van der Waals surface area contributed by atoms with E-state index in [9.17, 15) is 4.79 Å². The Morgan fingerprint density at radius 1 is 1.45 bits per heavy atom. The van der Waals surface area contributed by atoms with E-state index in [1.807, 2.05) is 0 Å². The standard InChI is InChI=1S/C13H22N2O4S/c1-13(2,11(16)17)10-9-20-12(15-10)14-5-4-6-19-8-7-18-3/h9H,4-8H2,1-3H3,(H,14,15)(H,16,17). The third-order valence-corrected chi connectivity index (χ3v) is 3.65. The van der Waals surface area contributed by atoms with Crippen LogP contribution < -0.4 is 5.32 Å². The molecule has 0 unspecified atom stereocenters. The number of hydrogen-bond donors (Lipinski definition) is 2. The third kappa shape index (κ3) is 5.07. The molecule has 114 valence electrons. The minimum atomic E-state index is -0.959. The molecule has 0 fully saturated rings. The summed E-state index contributed by atoms with van der Waals surface area (Å²) in [5, 5.41) is 14.8. The van der Waals surface area contributed by atoms with Crippen molar-refractivity contribution in [1.82, 2.24) is 4.98 Å². The van der Waals surface area contributed by atoms with Gasteiger partial charge in [0, 0.05) is 25.6 Å². The zero-order chi connectivity index (χ0) is 15.0. The molecule has 20 heavy (non-hydrogen) atoms. The van der Waals surface area contributed by atoms with Gasteiger partial charge in [-0.25, -0.2) is 4.98 Å². The molecule has 0 bridgehead atoms. The highest BCUT2D eigenvalue weighted by molar-refractivity contribution is 7.13. The molecule has 0 aliphatic heterocycles. The minimum Gasteiger partial charge on any atom is -0.481 e. The van der Waals surface area contributed by atoms with E-state index in [0.29, 0.717) is 25.5 Å². The van der Waals surface area contributed by atoms with E-state index in [-0.39, 0.29) is 0 Å². The number of ether oxygens (including phenoxy) is 2. The fourth-order valence-corrected chi connectivity index (χ4v) is 2.27. The lowest BCUT2D eigenvalue weighted by atomic mass is 9.90. The summed E-state index contributed by atoms with van der Waals surface area (Å²) in [6.07, 6.45) is 0.862. The Morgan fingerprint density at radius 2 is 2.20 bits per heavy atom. The third-order valence-electron chi connectivity index (χ3n) is 2.85. The van der Waals surface area contributed by atoms with Gasteiger partial charge in [0.05, 0.1) is 18.9 Å². The first-order chi connectivity index (χ1) is 9.48. The quantitative estimate of drug-likeness (QED) is 0.643. The van der Waals surface area contributed by atoms with Crippen molar-refractivity contribution in [3.8, 4) is 0 Å². The fourth-order valence-electron chi connectivity index (χ4n) is 1.37. The number of carboxylic acids is 1. The van der Waals surface area contributed by atoms with Crippen LogP contribution in [0.3, 0.4) is 0 Å². The molecule has 0 radical (unpaired) electrons. The Bertz CT molecular complexity index is 420. The van der Waals surface area contributed by atoms with Gasteiger partial charge in [-0.2, -0.15) is 0 Å². The van der Waals surface area contributed by atoms with E-state index in [0.717, 1.165) is 18.1 Å². The Morgan fingerprint density at radius 3 is 2.85 bits per heavy atom. The summed E-state index contributed by atoms with van der Waals surface area (Å²) >= 11 is 1.42. The van der Waals surface area contributed by atoms with E-state index in [4.69, 9.17) is 14.6 Å². The molecule has 1 heterocycles. The van der Waals surface area contributed by atoms with Crippen LogP contribution in [0.5, 0.6) is 0 Å². The Kier molecular flexibility index (Phi) is 6.90. The lowest BCUT2D eigenvalue weighted by Crippen LogP contribution is -2.28. The summed E-state index contributed by atoms with van der Waals surface area (Å²) in [5.41, 5.74) is -0.381. The highest BCUT2D eigenvalue weighted by Crippen LogP contribution is 2.27. The van der Waals surface area contributed by atoms with Gasteiger partial charge in [0.1, 0.15) is 5.41 Å². The van der Waals surface area contributed by atoms with Crippen molar-refractivity contribution < 1.29 is 19.4 Å². The SMILES string of the molecule is COCCOCCCNc1nc(C(C)(C)C(=O)O)cs1. The zero-order valence-corrected chi connectivity index (χ0v) is 13.0. The predicted octanol–water partition coefficient (Wildman–Crippen LogP) is 1.97. The second-order valence-electron chi connectivity index (χ2n) is 4.85. The lowest BCUT2D eigenvalue weighted by molar-refractivity contribution is -0.142. The van der Waals surface area contributed by atoms with Crippen molar-refractivity contribution in [3.05, 3.63) is 11.1 Å². The Labute approximate surface area is 123 Å². The van der Waals surface area contributed by atoms with Crippen LogP contribution in [0.1, 0.15) is 26.0 Å². The fraction of sp³-hybridized carbons (Fsp3) is 0.692. The molecule has 0 aliphatic rings. The van der Waals surface area contributed by atoms with E-state index in [1.54, 1.807) is 26.3 Å². The second-order valence-corrected chi connectivity index (χ2v) is 5.71. The van der Waals surface area contributed by atoms with E-state index in [1.165, 1.54) is 11.3 Å². The molecule has 0 saturated heterocycles. The minimum absolute atomic E-state index is 0.578. The predicted molar refractivity (Wildman–Crippen MR) is 78.6 cm³/mol. The molecular weight excluding hydrogens is 280 g/mol. The molecule has 0 aromatic carbocycles. The van der Waals surface area contributed by atoms with Gasteiger partial charge < -0.3 is 19.9 Å². The maximum atomic E-state index is 11.1. The van der Waals surface area contributed by atoms with E-state index < -0.39 is 11.4 Å². The van der Waals surface area contributed by atoms with Gasteiger partial charge in [0.15, 0.2) is 5.13 Å². The number of nitrogens with one attached hydrogen (secondary N) is 1. The molecule has 0 saturated carbocycles. The monoisotopic (exact) mass is 302 g/mol. The lowest BCUT2D eigenvalue weighted by Gasteiger charge is -2.15.